The zero-order valence-corrected chi connectivity index (χ0v) is 16.6. The predicted octanol–water partition coefficient (Wildman–Crippen LogP) is 5.60. The third kappa shape index (κ3) is 6.25. The molecule has 0 heterocycles. The monoisotopic (exact) mass is 388 g/mol. The number of esters is 1. The van der Waals surface area contributed by atoms with Gasteiger partial charge in [-0.1, -0.05) is 54.1 Å². The Morgan fingerprint density at radius 2 is 1.69 bits per heavy atom. The summed E-state index contributed by atoms with van der Waals surface area (Å²) in [4.78, 5) is 11.9. The normalized spacial score (nSPS) is 10.7. The minimum atomic E-state index is -0.375. The van der Waals surface area contributed by atoms with Crippen LogP contribution in [0.4, 0.5) is 0 Å². The number of hydrogen-bond donors (Lipinski definition) is 0. The van der Waals surface area contributed by atoms with Crippen LogP contribution in [0.5, 0.6) is 17.2 Å². The van der Waals surface area contributed by atoms with Gasteiger partial charge in [-0.15, -0.1) is 0 Å². The van der Waals surface area contributed by atoms with Crippen molar-refractivity contribution in [3.63, 3.8) is 0 Å². The average molecular weight is 388 g/mol. The standard InChI is InChI=1S/C25H24O4/c1-19-8-12-22(13-9-19)29-23-14-10-21(18-24(23)27-2)11-15-25(26)28-17-16-20-6-4-3-5-7-20/h3-15,18H,16-17H2,1-2H3/b15-11-. The van der Waals surface area contributed by atoms with Gasteiger partial charge in [0.25, 0.3) is 0 Å². The van der Waals surface area contributed by atoms with E-state index in [4.69, 9.17) is 14.2 Å². The van der Waals surface area contributed by atoms with Crippen LogP contribution >= 0.6 is 0 Å². The molecule has 0 bridgehead atoms. The van der Waals surface area contributed by atoms with Crippen molar-refractivity contribution in [1.29, 1.82) is 0 Å². The Morgan fingerprint density at radius 1 is 0.931 bits per heavy atom. The van der Waals surface area contributed by atoms with Crippen molar-refractivity contribution in [2.75, 3.05) is 13.7 Å². The summed E-state index contributed by atoms with van der Waals surface area (Å²) in [5.74, 6) is 1.56. The molecule has 0 amide bonds. The number of carbonyl (C=O) groups excluding carboxylic acids is 1. The van der Waals surface area contributed by atoms with Gasteiger partial charge in [-0.05, 0) is 48.4 Å². The van der Waals surface area contributed by atoms with Gasteiger partial charge in [0.1, 0.15) is 5.75 Å². The molecule has 0 aromatic heterocycles. The summed E-state index contributed by atoms with van der Waals surface area (Å²) in [7, 11) is 1.59. The van der Waals surface area contributed by atoms with Gasteiger partial charge in [-0.25, -0.2) is 4.79 Å². The number of ether oxygens (including phenoxy) is 3. The van der Waals surface area contributed by atoms with Gasteiger partial charge < -0.3 is 14.2 Å². The first-order valence-corrected chi connectivity index (χ1v) is 9.45. The maximum absolute atomic E-state index is 11.9. The maximum Gasteiger partial charge on any atom is 0.330 e. The van der Waals surface area contributed by atoms with Gasteiger partial charge in [0, 0.05) is 12.5 Å². The number of aryl methyl sites for hydroxylation is 1. The molecule has 0 aliphatic heterocycles. The van der Waals surface area contributed by atoms with Gasteiger partial charge in [0.2, 0.25) is 0 Å². The molecule has 0 atom stereocenters. The van der Waals surface area contributed by atoms with Crippen LogP contribution in [-0.2, 0) is 16.0 Å². The quantitative estimate of drug-likeness (QED) is 0.372. The van der Waals surface area contributed by atoms with E-state index in [0.717, 1.165) is 16.9 Å². The highest BCUT2D eigenvalue weighted by atomic mass is 16.5. The van der Waals surface area contributed by atoms with Gasteiger partial charge in [0.15, 0.2) is 11.5 Å². The van der Waals surface area contributed by atoms with Crippen molar-refractivity contribution in [1.82, 2.24) is 0 Å². The topological polar surface area (TPSA) is 44.8 Å². The second kappa shape index (κ2) is 10.1. The smallest absolute Gasteiger partial charge is 0.330 e. The highest BCUT2D eigenvalue weighted by Gasteiger charge is 2.07. The van der Waals surface area contributed by atoms with Crippen molar-refractivity contribution in [2.24, 2.45) is 0 Å². The van der Waals surface area contributed by atoms with Crippen LogP contribution < -0.4 is 9.47 Å². The van der Waals surface area contributed by atoms with Gasteiger partial charge in [0.05, 0.1) is 13.7 Å². The first-order chi connectivity index (χ1) is 14.1. The van der Waals surface area contributed by atoms with Crippen LogP contribution in [0.3, 0.4) is 0 Å². The number of carbonyl (C=O) groups is 1. The van der Waals surface area contributed by atoms with E-state index in [9.17, 15) is 4.79 Å². The molecule has 0 aliphatic rings. The molecule has 0 saturated carbocycles. The van der Waals surface area contributed by atoms with Crippen LogP contribution in [0.1, 0.15) is 16.7 Å². The predicted molar refractivity (Wildman–Crippen MR) is 114 cm³/mol. The highest BCUT2D eigenvalue weighted by molar-refractivity contribution is 5.87. The van der Waals surface area contributed by atoms with Crippen molar-refractivity contribution in [2.45, 2.75) is 13.3 Å². The van der Waals surface area contributed by atoms with Crippen molar-refractivity contribution >= 4 is 12.0 Å². The summed E-state index contributed by atoms with van der Waals surface area (Å²) in [5, 5.41) is 0. The summed E-state index contributed by atoms with van der Waals surface area (Å²) in [6.45, 7) is 2.37. The second-order valence-electron chi connectivity index (χ2n) is 6.56. The lowest BCUT2D eigenvalue weighted by Gasteiger charge is -2.11. The van der Waals surface area contributed by atoms with E-state index < -0.39 is 0 Å². The largest absolute Gasteiger partial charge is 0.493 e. The Bertz CT molecular complexity index is 960. The molecule has 0 unspecified atom stereocenters. The van der Waals surface area contributed by atoms with Crippen LogP contribution in [0, 0.1) is 6.92 Å². The molecule has 4 heteroatoms. The molecule has 4 nitrogen and oxygen atoms in total. The first-order valence-electron chi connectivity index (χ1n) is 9.45. The van der Waals surface area contributed by atoms with E-state index in [2.05, 4.69) is 0 Å². The number of rotatable bonds is 8. The SMILES string of the molecule is COc1cc(/C=C\C(=O)OCCc2ccccc2)ccc1Oc1ccc(C)cc1. The zero-order valence-electron chi connectivity index (χ0n) is 16.6. The maximum atomic E-state index is 11.9. The first kappa shape index (κ1) is 20.2. The summed E-state index contributed by atoms with van der Waals surface area (Å²) in [6, 6.07) is 23.2. The fraction of sp³-hybridized carbons (Fsp3) is 0.160. The molecule has 0 saturated heterocycles. The molecule has 3 aromatic carbocycles. The zero-order chi connectivity index (χ0) is 20.5. The molecule has 0 fully saturated rings. The molecule has 0 spiro atoms. The minimum absolute atomic E-state index is 0.347. The summed E-state index contributed by atoms with van der Waals surface area (Å²) in [6.07, 6.45) is 3.81. The number of methoxy groups -OCH3 is 1. The van der Waals surface area contributed by atoms with Crippen LogP contribution in [0.25, 0.3) is 6.08 Å². The minimum Gasteiger partial charge on any atom is -0.493 e. The third-order valence-corrected chi connectivity index (χ3v) is 4.33. The lowest BCUT2D eigenvalue weighted by Crippen LogP contribution is -2.04. The number of hydrogen-bond acceptors (Lipinski definition) is 4. The van der Waals surface area contributed by atoms with Gasteiger partial charge in [-0.3, -0.25) is 0 Å². The summed E-state index contributed by atoms with van der Waals surface area (Å²) >= 11 is 0. The van der Waals surface area contributed by atoms with E-state index >= 15 is 0 Å². The van der Waals surface area contributed by atoms with E-state index in [-0.39, 0.29) is 5.97 Å². The third-order valence-electron chi connectivity index (χ3n) is 4.33. The fourth-order valence-corrected chi connectivity index (χ4v) is 2.73. The molecule has 3 aromatic rings. The van der Waals surface area contributed by atoms with E-state index in [1.807, 2.05) is 79.7 Å². The highest BCUT2D eigenvalue weighted by Crippen LogP contribution is 2.32. The summed E-state index contributed by atoms with van der Waals surface area (Å²) < 4.78 is 16.6. The Labute approximate surface area is 171 Å². The molecule has 0 radical (unpaired) electrons. The fourth-order valence-electron chi connectivity index (χ4n) is 2.73. The van der Waals surface area contributed by atoms with Crippen LogP contribution in [-0.4, -0.2) is 19.7 Å². The Balaban J connectivity index is 1.57. The van der Waals surface area contributed by atoms with E-state index in [0.29, 0.717) is 24.5 Å². The second-order valence-corrected chi connectivity index (χ2v) is 6.56. The Hall–Kier alpha value is -3.53. The lowest BCUT2D eigenvalue weighted by atomic mass is 10.2. The molecular weight excluding hydrogens is 364 g/mol. The summed E-state index contributed by atoms with van der Waals surface area (Å²) in [5.41, 5.74) is 3.12. The van der Waals surface area contributed by atoms with Crippen LogP contribution in [0.15, 0.2) is 78.9 Å². The van der Waals surface area contributed by atoms with Crippen molar-refractivity contribution in [3.05, 3.63) is 95.6 Å². The Kier molecular flexibility index (Phi) is 7.06. The van der Waals surface area contributed by atoms with Crippen molar-refractivity contribution < 1.29 is 19.0 Å². The average Bonchev–Trinajstić information content (AvgIpc) is 2.75. The molecule has 29 heavy (non-hydrogen) atoms. The molecule has 0 N–H and O–H groups in total. The molecule has 0 aliphatic carbocycles. The van der Waals surface area contributed by atoms with Gasteiger partial charge >= 0.3 is 5.97 Å². The lowest BCUT2D eigenvalue weighted by molar-refractivity contribution is -0.137. The Morgan fingerprint density at radius 3 is 2.41 bits per heavy atom. The number of benzene rings is 3. The van der Waals surface area contributed by atoms with Crippen molar-refractivity contribution in [3.8, 4) is 17.2 Å². The van der Waals surface area contributed by atoms with Crippen LogP contribution in [0.2, 0.25) is 0 Å². The van der Waals surface area contributed by atoms with Gasteiger partial charge in [-0.2, -0.15) is 0 Å². The van der Waals surface area contributed by atoms with E-state index in [1.165, 1.54) is 11.6 Å². The molecular formula is C25H24O4. The molecule has 148 valence electrons. The molecule has 3 rings (SSSR count). The van der Waals surface area contributed by atoms with E-state index in [1.54, 1.807) is 13.2 Å².